The van der Waals surface area contributed by atoms with Gasteiger partial charge in [0.15, 0.2) is 0 Å². The summed E-state index contributed by atoms with van der Waals surface area (Å²) in [6, 6.07) is 7.70. The predicted molar refractivity (Wildman–Crippen MR) is 113 cm³/mol. The minimum absolute atomic E-state index is 0.0401. The van der Waals surface area contributed by atoms with Crippen LogP contribution in [0.15, 0.2) is 36.7 Å². The monoisotopic (exact) mass is 412 g/mol. The molecule has 6 nitrogen and oxygen atoms in total. The van der Waals surface area contributed by atoms with Crippen LogP contribution in [0.1, 0.15) is 27.3 Å². The van der Waals surface area contributed by atoms with Gasteiger partial charge in [-0.15, -0.1) is 0 Å². The van der Waals surface area contributed by atoms with Gasteiger partial charge in [-0.3, -0.25) is 9.48 Å². The average molecular weight is 413 g/mol. The first-order valence-electron chi connectivity index (χ1n) is 9.76. The van der Waals surface area contributed by atoms with Crippen molar-refractivity contribution in [2.45, 2.75) is 20.4 Å². The van der Waals surface area contributed by atoms with Crippen LogP contribution in [0.25, 0.3) is 11.1 Å². The van der Waals surface area contributed by atoms with E-state index in [2.05, 4.69) is 23.5 Å². The number of rotatable bonds is 4. The van der Waals surface area contributed by atoms with Crippen molar-refractivity contribution in [1.29, 1.82) is 0 Å². The highest BCUT2D eigenvalue weighted by atomic mass is 35.5. The molecule has 1 aromatic carbocycles. The zero-order valence-corrected chi connectivity index (χ0v) is 17.7. The number of halogens is 1. The number of hydrogen-bond donors (Lipinski definition) is 0. The Morgan fingerprint density at radius 2 is 1.86 bits per heavy atom. The van der Waals surface area contributed by atoms with Gasteiger partial charge in [-0.2, -0.15) is 5.10 Å². The van der Waals surface area contributed by atoms with E-state index >= 15 is 0 Å². The van der Waals surface area contributed by atoms with E-state index < -0.39 is 0 Å². The van der Waals surface area contributed by atoms with Gasteiger partial charge < -0.3 is 14.2 Å². The van der Waals surface area contributed by atoms with Gasteiger partial charge in [0.2, 0.25) is 0 Å². The summed E-state index contributed by atoms with van der Waals surface area (Å²) in [5, 5.41) is 4.96. The number of carbonyl (C=O) groups is 1. The number of carbonyl (C=O) groups excluding carboxylic acids is 1. The molecule has 4 rings (SSSR count). The first-order chi connectivity index (χ1) is 14.0. The van der Waals surface area contributed by atoms with Crippen LogP contribution in [0.5, 0.6) is 0 Å². The lowest BCUT2D eigenvalue weighted by Gasteiger charge is -2.28. The molecule has 2 aromatic heterocycles. The van der Waals surface area contributed by atoms with Crippen molar-refractivity contribution in [2.24, 2.45) is 7.05 Å². The molecule has 1 fully saturated rings. The van der Waals surface area contributed by atoms with Crippen molar-refractivity contribution >= 4 is 17.5 Å². The van der Waals surface area contributed by atoms with Crippen molar-refractivity contribution in [3.63, 3.8) is 0 Å². The number of ether oxygens (including phenoxy) is 1. The van der Waals surface area contributed by atoms with E-state index in [1.807, 2.05) is 48.6 Å². The molecule has 1 saturated heterocycles. The van der Waals surface area contributed by atoms with Crippen LogP contribution in [-0.4, -0.2) is 51.5 Å². The summed E-state index contributed by atoms with van der Waals surface area (Å²) in [7, 11) is 1.90. The number of morpholine rings is 1. The van der Waals surface area contributed by atoms with Gasteiger partial charge >= 0.3 is 0 Å². The van der Waals surface area contributed by atoms with Gasteiger partial charge in [-0.05, 0) is 37.1 Å². The quantitative estimate of drug-likeness (QED) is 0.656. The maximum atomic E-state index is 13.6. The number of nitrogens with zero attached hydrogens (tertiary/aromatic N) is 4. The van der Waals surface area contributed by atoms with E-state index in [9.17, 15) is 4.79 Å². The minimum atomic E-state index is 0.0401. The molecule has 0 unspecified atom stereocenters. The lowest BCUT2D eigenvalue weighted by atomic mass is 10.0. The Labute approximate surface area is 175 Å². The number of aryl methyl sites for hydroxylation is 1. The third-order valence-corrected chi connectivity index (χ3v) is 5.81. The molecule has 3 aromatic rings. The molecule has 1 amide bonds. The molecular weight excluding hydrogens is 388 g/mol. The summed E-state index contributed by atoms with van der Waals surface area (Å²) in [4.78, 5) is 15.5. The Morgan fingerprint density at radius 1 is 1.17 bits per heavy atom. The second-order valence-electron chi connectivity index (χ2n) is 7.45. The van der Waals surface area contributed by atoms with Crippen molar-refractivity contribution < 1.29 is 9.53 Å². The second kappa shape index (κ2) is 8.05. The SMILES string of the molecule is Cc1c(-c2ccc(Cl)cc2)c(C(=O)N2CCOCC2)n(Cc2cnn(C)c2)c1C. The Hall–Kier alpha value is -2.57. The van der Waals surface area contributed by atoms with Gasteiger partial charge in [0, 0.05) is 48.2 Å². The van der Waals surface area contributed by atoms with Crippen LogP contribution in [0, 0.1) is 13.8 Å². The second-order valence-corrected chi connectivity index (χ2v) is 7.89. The standard InChI is InChI=1S/C22H25ClN4O2/c1-15-16(2)27(14-17-12-24-25(3)13-17)21(22(28)26-8-10-29-11-9-26)20(15)18-4-6-19(23)7-5-18/h4-7,12-13H,8-11,14H2,1-3H3. The van der Waals surface area contributed by atoms with Gasteiger partial charge in [-0.25, -0.2) is 0 Å². The van der Waals surface area contributed by atoms with Gasteiger partial charge in [0.25, 0.3) is 5.91 Å². The first kappa shape index (κ1) is 19.7. The molecule has 0 spiro atoms. The highest BCUT2D eigenvalue weighted by Crippen LogP contribution is 2.34. The molecular formula is C22H25ClN4O2. The van der Waals surface area contributed by atoms with Gasteiger partial charge in [0.1, 0.15) is 5.69 Å². The van der Waals surface area contributed by atoms with Gasteiger partial charge in [0.05, 0.1) is 26.0 Å². The van der Waals surface area contributed by atoms with Crippen molar-refractivity contribution in [2.75, 3.05) is 26.3 Å². The maximum Gasteiger partial charge on any atom is 0.271 e. The molecule has 0 N–H and O–H groups in total. The number of aromatic nitrogens is 3. The summed E-state index contributed by atoms with van der Waals surface area (Å²) >= 11 is 6.11. The van der Waals surface area contributed by atoms with Crippen LogP contribution in [0.2, 0.25) is 5.02 Å². The molecule has 7 heteroatoms. The Balaban J connectivity index is 1.86. The zero-order valence-electron chi connectivity index (χ0n) is 17.0. The summed E-state index contributed by atoms with van der Waals surface area (Å²) in [6.45, 7) is 7.10. The smallest absolute Gasteiger partial charge is 0.271 e. The third-order valence-electron chi connectivity index (χ3n) is 5.56. The van der Waals surface area contributed by atoms with Crippen LogP contribution in [-0.2, 0) is 18.3 Å². The molecule has 0 saturated carbocycles. The van der Waals surface area contributed by atoms with Crippen molar-refractivity contribution in [1.82, 2.24) is 19.2 Å². The maximum absolute atomic E-state index is 13.6. The Bertz CT molecular complexity index is 1030. The summed E-state index contributed by atoms with van der Waals surface area (Å²) < 4.78 is 9.35. The Morgan fingerprint density at radius 3 is 2.48 bits per heavy atom. The van der Waals surface area contributed by atoms with E-state index in [0.29, 0.717) is 43.6 Å². The van der Waals surface area contributed by atoms with E-state index in [1.165, 1.54) is 0 Å². The predicted octanol–water partition coefficient (Wildman–Crippen LogP) is 3.68. The van der Waals surface area contributed by atoms with Crippen LogP contribution < -0.4 is 0 Å². The number of benzene rings is 1. The molecule has 0 atom stereocenters. The largest absolute Gasteiger partial charge is 0.378 e. The molecule has 1 aliphatic rings. The lowest BCUT2D eigenvalue weighted by Crippen LogP contribution is -2.41. The highest BCUT2D eigenvalue weighted by Gasteiger charge is 2.29. The molecule has 152 valence electrons. The van der Waals surface area contributed by atoms with Gasteiger partial charge in [-0.1, -0.05) is 23.7 Å². The lowest BCUT2D eigenvalue weighted by molar-refractivity contribution is 0.0296. The van der Waals surface area contributed by atoms with Crippen LogP contribution in [0.3, 0.4) is 0 Å². The summed E-state index contributed by atoms with van der Waals surface area (Å²) in [5.74, 6) is 0.0401. The van der Waals surface area contributed by atoms with Crippen molar-refractivity contribution in [3.05, 3.63) is 64.2 Å². The first-order valence-corrected chi connectivity index (χ1v) is 10.1. The van der Waals surface area contributed by atoms with E-state index in [4.69, 9.17) is 16.3 Å². The zero-order chi connectivity index (χ0) is 20.5. The molecule has 0 aliphatic carbocycles. The number of hydrogen-bond acceptors (Lipinski definition) is 3. The molecule has 0 radical (unpaired) electrons. The van der Waals surface area contributed by atoms with Crippen LogP contribution in [0.4, 0.5) is 0 Å². The molecule has 3 heterocycles. The average Bonchev–Trinajstić information content (AvgIpc) is 3.25. The number of amides is 1. The molecule has 1 aliphatic heterocycles. The molecule has 29 heavy (non-hydrogen) atoms. The topological polar surface area (TPSA) is 52.3 Å². The fourth-order valence-corrected chi connectivity index (χ4v) is 4.03. The Kier molecular flexibility index (Phi) is 5.48. The van der Waals surface area contributed by atoms with E-state index in [0.717, 1.165) is 27.9 Å². The molecule has 0 bridgehead atoms. The normalized spacial score (nSPS) is 14.4. The fourth-order valence-electron chi connectivity index (χ4n) is 3.91. The minimum Gasteiger partial charge on any atom is -0.378 e. The van der Waals surface area contributed by atoms with Crippen molar-refractivity contribution in [3.8, 4) is 11.1 Å². The highest BCUT2D eigenvalue weighted by molar-refractivity contribution is 6.30. The van der Waals surface area contributed by atoms with E-state index in [1.54, 1.807) is 4.68 Å². The van der Waals surface area contributed by atoms with Crippen LogP contribution >= 0.6 is 11.6 Å². The summed E-state index contributed by atoms with van der Waals surface area (Å²) in [6.07, 6.45) is 3.83. The summed E-state index contributed by atoms with van der Waals surface area (Å²) in [5.41, 5.74) is 5.93. The fraction of sp³-hybridized carbons (Fsp3) is 0.364. The van der Waals surface area contributed by atoms with E-state index in [-0.39, 0.29) is 5.91 Å². The third kappa shape index (κ3) is 3.82.